The van der Waals surface area contributed by atoms with Crippen LogP contribution < -0.4 is 0 Å². The summed E-state index contributed by atoms with van der Waals surface area (Å²) >= 11 is 0. The average Bonchev–Trinajstić information content (AvgIpc) is 2.99. The number of para-hydroxylation sites is 2. The molecule has 146 valence electrons. The Morgan fingerprint density at radius 2 is 1.78 bits per heavy atom. The normalized spacial score (nSPS) is 20.4. The van der Waals surface area contributed by atoms with Gasteiger partial charge >= 0.3 is 0 Å². The van der Waals surface area contributed by atoms with E-state index in [0.29, 0.717) is 18.4 Å². The molecular formula is C22H32N4O. The van der Waals surface area contributed by atoms with Gasteiger partial charge in [-0.3, -0.25) is 9.69 Å². The molecule has 5 heteroatoms. The fraction of sp³-hybridized carbons (Fsp3) is 0.636. The Hall–Kier alpha value is -1.88. The largest absolute Gasteiger partial charge is 0.342 e. The van der Waals surface area contributed by atoms with E-state index in [4.69, 9.17) is 4.98 Å². The molecule has 0 atom stereocenters. The Morgan fingerprint density at radius 3 is 2.52 bits per heavy atom. The zero-order chi connectivity index (χ0) is 18.8. The molecule has 2 aliphatic rings. The quantitative estimate of drug-likeness (QED) is 0.831. The Labute approximate surface area is 162 Å². The second kappa shape index (κ2) is 8.01. The molecule has 0 N–H and O–H groups in total. The van der Waals surface area contributed by atoms with Crippen LogP contribution in [0.15, 0.2) is 24.3 Å². The first-order valence-corrected chi connectivity index (χ1v) is 10.5. The van der Waals surface area contributed by atoms with Gasteiger partial charge in [0.15, 0.2) is 0 Å². The van der Waals surface area contributed by atoms with Gasteiger partial charge in [-0.25, -0.2) is 4.98 Å². The maximum atomic E-state index is 12.6. The van der Waals surface area contributed by atoms with E-state index in [1.807, 2.05) is 0 Å². The number of hydrogen-bond donors (Lipinski definition) is 0. The number of fused-ring (bicyclic) bond motifs is 1. The number of carbonyl (C=O) groups is 1. The lowest BCUT2D eigenvalue weighted by Gasteiger charge is -2.35. The molecule has 1 aromatic heterocycles. The molecule has 0 saturated carbocycles. The van der Waals surface area contributed by atoms with Gasteiger partial charge in [-0.1, -0.05) is 19.1 Å². The zero-order valence-corrected chi connectivity index (χ0v) is 16.7. The van der Waals surface area contributed by atoms with Gasteiger partial charge in [0, 0.05) is 19.6 Å². The molecule has 27 heavy (non-hydrogen) atoms. The highest BCUT2D eigenvalue weighted by atomic mass is 16.2. The van der Waals surface area contributed by atoms with Crippen LogP contribution in [0.4, 0.5) is 0 Å². The van der Waals surface area contributed by atoms with E-state index in [9.17, 15) is 4.79 Å². The molecule has 0 bridgehead atoms. The molecule has 1 amide bonds. The summed E-state index contributed by atoms with van der Waals surface area (Å²) in [5.41, 5.74) is 2.33. The molecule has 2 aliphatic heterocycles. The first-order chi connectivity index (χ1) is 13.1. The molecule has 2 saturated heterocycles. The number of imidazole rings is 1. The molecule has 1 aromatic carbocycles. The lowest BCUT2D eigenvalue weighted by Crippen LogP contribution is -2.46. The predicted molar refractivity (Wildman–Crippen MR) is 109 cm³/mol. The van der Waals surface area contributed by atoms with Crippen LogP contribution in [0.3, 0.4) is 0 Å². The molecule has 2 fully saturated rings. The van der Waals surface area contributed by atoms with Crippen molar-refractivity contribution in [1.82, 2.24) is 19.4 Å². The number of aromatic nitrogens is 2. The summed E-state index contributed by atoms with van der Waals surface area (Å²) in [6.07, 6.45) is 4.64. The number of aryl methyl sites for hydroxylation is 1. The monoisotopic (exact) mass is 368 g/mol. The highest BCUT2D eigenvalue weighted by molar-refractivity contribution is 5.78. The highest BCUT2D eigenvalue weighted by Crippen LogP contribution is 2.24. The van der Waals surface area contributed by atoms with Gasteiger partial charge in [0.25, 0.3) is 0 Å². The summed E-state index contributed by atoms with van der Waals surface area (Å²) < 4.78 is 2.37. The van der Waals surface area contributed by atoms with Crippen LogP contribution in [0.5, 0.6) is 0 Å². The lowest BCUT2D eigenvalue weighted by molar-refractivity contribution is -0.134. The fourth-order valence-electron chi connectivity index (χ4n) is 4.56. The van der Waals surface area contributed by atoms with Crippen LogP contribution >= 0.6 is 0 Å². The first-order valence-electron chi connectivity index (χ1n) is 10.5. The highest BCUT2D eigenvalue weighted by Gasteiger charge is 2.25. The number of nitrogens with zero attached hydrogens (tertiary/aromatic N) is 4. The van der Waals surface area contributed by atoms with Crippen LogP contribution in [-0.4, -0.2) is 58.0 Å². The van der Waals surface area contributed by atoms with Crippen LogP contribution in [0, 0.1) is 18.8 Å². The first kappa shape index (κ1) is 18.5. The lowest BCUT2D eigenvalue weighted by atomic mass is 9.96. The molecule has 0 aliphatic carbocycles. The fourth-order valence-corrected chi connectivity index (χ4v) is 4.56. The molecule has 5 nitrogen and oxygen atoms in total. The SMILES string of the molecule is Cc1nc2ccccc2n1CC1CCN(CC(=O)N2CCC(C)CC2)CC1. The zero-order valence-electron chi connectivity index (χ0n) is 16.7. The summed E-state index contributed by atoms with van der Waals surface area (Å²) in [7, 11) is 0. The van der Waals surface area contributed by atoms with Crippen LogP contribution in [0.25, 0.3) is 11.0 Å². The third-order valence-corrected chi connectivity index (χ3v) is 6.49. The second-order valence-electron chi connectivity index (χ2n) is 8.54. The van der Waals surface area contributed by atoms with Crippen molar-refractivity contribution in [2.24, 2.45) is 11.8 Å². The van der Waals surface area contributed by atoms with Crippen LogP contribution in [0.1, 0.15) is 38.4 Å². The maximum Gasteiger partial charge on any atom is 0.236 e. The number of likely N-dealkylation sites (tertiary alicyclic amines) is 2. The van der Waals surface area contributed by atoms with Crippen molar-refractivity contribution < 1.29 is 4.79 Å². The third kappa shape index (κ3) is 4.18. The number of piperidine rings is 2. The van der Waals surface area contributed by atoms with E-state index in [1.165, 1.54) is 5.52 Å². The van der Waals surface area contributed by atoms with Gasteiger partial charge in [0.05, 0.1) is 17.6 Å². The van der Waals surface area contributed by atoms with Gasteiger partial charge in [0.2, 0.25) is 5.91 Å². The van der Waals surface area contributed by atoms with E-state index in [1.54, 1.807) is 0 Å². The Kier molecular flexibility index (Phi) is 5.48. The number of carbonyl (C=O) groups excluding carboxylic acids is 1. The minimum atomic E-state index is 0.330. The van der Waals surface area contributed by atoms with Crippen molar-refractivity contribution in [3.05, 3.63) is 30.1 Å². The van der Waals surface area contributed by atoms with Crippen molar-refractivity contribution in [3.8, 4) is 0 Å². The summed E-state index contributed by atoms with van der Waals surface area (Å²) in [5, 5.41) is 0. The summed E-state index contributed by atoms with van der Waals surface area (Å²) in [6, 6.07) is 8.41. The molecule has 0 radical (unpaired) electrons. The van der Waals surface area contributed by atoms with Crippen molar-refractivity contribution in [1.29, 1.82) is 0 Å². The maximum absolute atomic E-state index is 12.6. The van der Waals surface area contributed by atoms with Crippen molar-refractivity contribution in [3.63, 3.8) is 0 Å². The van der Waals surface area contributed by atoms with Gasteiger partial charge in [-0.2, -0.15) is 0 Å². The molecule has 0 spiro atoms. The van der Waals surface area contributed by atoms with Gasteiger partial charge in [-0.15, -0.1) is 0 Å². The second-order valence-corrected chi connectivity index (χ2v) is 8.54. The van der Waals surface area contributed by atoms with E-state index >= 15 is 0 Å². The summed E-state index contributed by atoms with van der Waals surface area (Å²) in [6.45, 7) is 10.0. The number of benzene rings is 1. The minimum absolute atomic E-state index is 0.330. The predicted octanol–water partition coefficient (Wildman–Crippen LogP) is 3.32. The van der Waals surface area contributed by atoms with E-state index in [0.717, 1.165) is 75.7 Å². The topological polar surface area (TPSA) is 41.4 Å². The van der Waals surface area contributed by atoms with E-state index in [2.05, 4.69) is 52.5 Å². The number of amides is 1. The van der Waals surface area contributed by atoms with Crippen molar-refractivity contribution >= 4 is 16.9 Å². The number of hydrogen-bond acceptors (Lipinski definition) is 3. The molecule has 3 heterocycles. The van der Waals surface area contributed by atoms with E-state index < -0.39 is 0 Å². The Morgan fingerprint density at radius 1 is 1.07 bits per heavy atom. The average molecular weight is 369 g/mol. The van der Waals surface area contributed by atoms with Crippen molar-refractivity contribution in [2.45, 2.75) is 46.1 Å². The van der Waals surface area contributed by atoms with Crippen molar-refractivity contribution in [2.75, 3.05) is 32.7 Å². The summed E-state index contributed by atoms with van der Waals surface area (Å²) in [4.78, 5) is 21.7. The minimum Gasteiger partial charge on any atom is -0.342 e. The molecule has 2 aromatic rings. The Bertz CT molecular complexity index is 783. The standard InChI is InChI=1S/C22H32N4O/c1-17-7-13-25(14-8-17)22(27)16-24-11-9-19(10-12-24)15-26-18(2)23-20-5-3-4-6-21(20)26/h3-6,17,19H,7-16H2,1-2H3. The van der Waals surface area contributed by atoms with Crippen LogP contribution in [0.2, 0.25) is 0 Å². The van der Waals surface area contributed by atoms with Gasteiger partial charge < -0.3 is 9.47 Å². The summed E-state index contributed by atoms with van der Waals surface area (Å²) in [5.74, 6) is 2.88. The molecule has 4 rings (SSSR count). The third-order valence-electron chi connectivity index (χ3n) is 6.49. The van der Waals surface area contributed by atoms with Crippen LogP contribution in [-0.2, 0) is 11.3 Å². The van der Waals surface area contributed by atoms with E-state index in [-0.39, 0.29) is 0 Å². The smallest absolute Gasteiger partial charge is 0.236 e. The number of rotatable bonds is 4. The Balaban J connectivity index is 1.29. The van der Waals surface area contributed by atoms with Gasteiger partial charge in [0.1, 0.15) is 5.82 Å². The molecular weight excluding hydrogens is 336 g/mol. The molecule has 0 unspecified atom stereocenters. The van der Waals surface area contributed by atoms with Gasteiger partial charge in [-0.05, 0) is 69.7 Å².